The van der Waals surface area contributed by atoms with Gasteiger partial charge in [0, 0.05) is 26.0 Å². The van der Waals surface area contributed by atoms with Crippen LogP contribution in [-0.4, -0.2) is 43.0 Å². The van der Waals surface area contributed by atoms with Crippen molar-refractivity contribution >= 4 is 33.4 Å². The second-order valence-corrected chi connectivity index (χ2v) is 9.46. The zero-order valence-electron chi connectivity index (χ0n) is 15.2. The van der Waals surface area contributed by atoms with E-state index >= 15 is 0 Å². The Kier molecular flexibility index (Phi) is 6.73. The van der Waals surface area contributed by atoms with Crippen molar-refractivity contribution in [2.75, 3.05) is 19.4 Å². The quantitative estimate of drug-likeness (QED) is 0.706. The molecule has 1 heterocycles. The first kappa shape index (κ1) is 22.2. The van der Waals surface area contributed by atoms with E-state index in [1.54, 1.807) is 13.0 Å². The Morgan fingerprint density at radius 3 is 2.43 bits per heavy atom. The van der Waals surface area contributed by atoms with Crippen LogP contribution in [0.25, 0.3) is 0 Å². The minimum absolute atomic E-state index is 0.0278. The molecule has 28 heavy (non-hydrogen) atoms. The number of hydrogen-bond acceptors (Lipinski definition) is 5. The number of sulfonamides is 1. The molecule has 1 aromatic carbocycles. The minimum Gasteiger partial charge on any atom is -0.325 e. The van der Waals surface area contributed by atoms with Gasteiger partial charge >= 0.3 is 6.18 Å². The highest BCUT2D eigenvalue weighted by molar-refractivity contribution is 8.00. The van der Waals surface area contributed by atoms with Gasteiger partial charge in [0.15, 0.2) is 0 Å². The van der Waals surface area contributed by atoms with Crippen molar-refractivity contribution in [3.8, 4) is 0 Å². The van der Waals surface area contributed by atoms with Crippen LogP contribution in [0.1, 0.15) is 12.5 Å². The number of nitrogens with zero attached hydrogens (tertiary/aromatic N) is 2. The maximum Gasteiger partial charge on any atom is 0.417 e. The third kappa shape index (κ3) is 5.46. The molecule has 0 aliphatic heterocycles. The minimum atomic E-state index is -4.48. The van der Waals surface area contributed by atoms with E-state index in [4.69, 9.17) is 0 Å². The molecule has 1 atom stereocenters. The van der Waals surface area contributed by atoms with Gasteiger partial charge in [0.05, 0.1) is 20.7 Å². The third-order valence-corrected chi connectivity index (χ3v) is 6.47. The van der Waals surface area contributed by atoms with Gasteiger partial charge in [0.2, 0.25) is 15.9 Å². The van der Waals surface area contributed by atoms with Crippen LogP contribution >= 0.6 is 11.8 Å². The first-order valence-electron chi connectivity index (χ1n) is 7.94. The lowest BCUT2D eigenvalue weighted by atomic mass is 10.3. The van der Waals surface area contributed by atoms with Gasteiger partial charge in [0.1, 0.15) is 0 Å². The van der Waals surface area contributed by atoms with Gasteiger partial charge in [-0.05, 0) is 37.3 Å². The number of carbonyl (C=O) groups is 1. The van der Waals surface area contributed by atoms with Crippen molar-refractivity contribution in [2.45, 2.75) is 28.3 Å². The van der Waals surface area contributed by atoms with E-state index in [-0.39, 0.29) is 9.92 Å². The number of aromatic nitrogens is 1. The summed E-state index contributed by atoms with van der Waals surface area (Å²) in [6.07, 6.45) is -3.76. The molecule has 2 aromatic rings. The molecule has 1 aromatic heterocycles. The van der Waals surface area contributed by atoms with E-state index in [0.29, 0.717) is 11.9 Å². The number of rotatable bonds is 6. The molecule has 0 unspecified atom stereocenters. The molecular formula is C17H18F3N3O3S2. The fourth-order valence-electron chi connectivity index (χ4n) is 2.04. The molecule has 0 aliphatic rings. The number of hydrogen-bond donors (Lipinski definition) is 1. The molecule has 2 rings (SSSR count). The third-order valence-electron chi connectivity index (χ3n) is 3.61. The number of halogens is 3. The predicted molar refractivity (Wildman–Crippen MR) is 101 cm³/mol. The number of alkyl halides is 3. The normalized spacial score (nSPS) is 13.4. The van der Waals surface area contributed by atoms with Crippen molar-refractivity contribution < 1.29 is 26.4 Å². The summed E-state index contributed by atoms with van der Waals surface area (Å²) in [4.78, 5) is 16.1. The van der Waals surface area contributed by atoms with Crippen molar-refractivity contribution in [1.82, 2.24) is 9.29 Å². The van der Waals surface area contributed by atoms with E-state index < -0.39 is 32.9 Å². The van der Waals surface area contributed by atoms with Gasteiger partial charge in [-0.2, -0.15) is 13.2 Å². The molecule has 0 radical (unpaired) electrons. The van der Waals surface area contributed by atoms with Gasteiger partial charge in [0.25, 0.3) is 0 Å². The Balaban J connectivity index is 2.07. The molecule has 152 valence electrons. The predicted octanol–water partition coefficient (Wildman–Crippen LogP) is 3.47. The summed E-state index contributed by atoms with van der Waals surface area (Å²) in [6, 6.07) is 7.88. The van der Waals surface area contributed by atoms with Crippen LogP contribution in [0.5, 0.6) is 0 Å². The first-order valence-corrected chi connectivity index (χ1v) is 10.3. The summed E-state index contributed by atoms with van der Waals surface area (Å²) in [5.74, 6) is -0.439. The van der Waals surface area contributed by atoms with E-state index in [2.05, 4.69) is 10.3 Å². The zero-order valence-corrected chi connectivity index (χ0v) is 16.8. The topological polar surface area (TPSA) is 79.4 Å². The average Bonchev–Trinajstić information content (AvgIpc) is 2.61. The molecule has 1 amide bonds. The van der Waals surface area contributed by atoms with E-state index in [0.717, 1.165) is 22.1 Å². The van der Waals surface area contributed by atoms with Crippen molar-refractivity contribution in [3.05, 3.63) is 48.2 Å². The monoisotopic (exact) mass is 433 g/mol. The lowest BCUT2D eigenvalue weighted by Gasteiger charge is -2.14. The average molecular weight is 433 g/mol. The highest BCUT2D eigenvalue weighted by Crippen LogP contribution is 2.30. The van der Waals surface area contributed by atoms with E-state index in [9.17, 15) is 26.4 Å². The summed E-state index contributed by atoms with van der Waals surface area (Å²) in [6.45, 7) is 1.57. The van der Waals surface area contributed by atoms with Crippen LogP contribution in [0.4, 0.5) is 18.9 Å². The van der Waals surface area contributed by atoms with Crippen molar-refractivity contribution in [2.24, 2.45) is 0 Å². The van der Waals surface area contributed by atoms with Crippen LogP contribution in [0.15, 0.2) is 52.5 Å². The van der Waals surface area contributed by atoms with Gasteiger partial charge in [-0.3, -0.25) is 4.79 Å². The van der Waals surface area contributed by atoms with Crippen LogP contribution in [-0.2, 0) is 21.0 Å². The summed E-state index contributed by atoms with van der Waals surface area (Å²) >= 11 is 0.988. The standard InChI is InChI=1S/C17H18F3N3O3S2/c1-11(27-15-8-7-12(10-21-15)17(18,19)20)16(24)22-13-5-4-6-14(9-13)28(25,26)23(2)3/h4-11H,1-3H3,(H,22,24)/t11-/m1/s1. The largest absolute Gasteiger partial charge is 0.417 e. The fourth-order valence-corrected chi connectivity index (χ4v) is 3.78. The smallest absolute Gasteiger partial charge is 0.325 e. The first-order chi connectivity index (χ1) is 12.9. The molecule has 0 aliphatic carbocycles. The van der Waals surface area contributed by atoms with E-state index in [1.165, 1.54) is 38.4 Å². The SMILES string of the molecule is C[C@@H](Sc1ccc(C(F)(F)F)cn1)C(=O)Nc1cccc(S(=O)(=O)N(C)C)c1. The molecule has 0 fully saturated rings. The van der Waals surface area contributed by atoms with Gasteiger partial charge in [-0.15, -0.1) is 0 Å². The van der Waals surface area contributed by atoms with Gasteiger partial charge in [-0.25, -0.2) is 17.7 Å². The molecule has 1 N–H and O–H groups in total. The molecule has 0 spiro atoms. The Hall–Kier alpha value is -2.11. The van der Waals surface area contributed by atoms with Gasteiger partial charge in [-0.1, -0.05) is 17.8 Å². The summed E-state index contributed by atoms with van der Waals surface area (Å²) < 4.78 is 63.1. The number of anilines is 1. The molecule has 11 heteroatoms. The second kappa shape index (κ2) is 8.50. The number of benzene rings is 1. The van der Waals surface area contributed by atoms with E-state index in [1.807, 2.05) is 0 Å². The number of carbonyl (C=O) groups excluding carboxylic acids is 1. The number of pyridine rings is 1. The highest BCUT2D eigenvalue weighted by atomic mass is 32.2. The molecule has 0 saturated carbocycles. The molecule has 0 saturated heterocycles. The number of thioether (sulfide) groups is 1. The zero-order chi connectivity index (χ0) is 21.1. The Morgan fingerprint density at radius 1 is 1.21 bits per heavy atom. The second-order valence-electron chi connectivity index (χ2n) is 5.95. The Labute approximate surface area is 165 Å². The van der Waals surface area contributed by atoms with Crippen molar-refractivity contribution in [1.29, 1.82) is 0 Å². The molecule has 6 nitrogen and oxygen atoms in total. The fraction of sp³-hybridized carbons (Fsp3) is 0.294. The lowest BCUT2D eigenvalue weighted by molar-refractivity contribution is -0.137. The van der Waals surface area contributed by atoms with Gasteiger partial charge < -0.3 is 5.32 Å². The molecule has 0 bridgehead atoms. The van der Waals surface area contributed by atoms with Crippen LogP contribution < -0.4 is 5.32 Å². The summed E-state index contributed by atoms with van der Waals surface area (Å²) in [5, 5.41) is 2.19. The Bertz CT molecular complexity index is 946. The Morgan fingerprint density at radius 2 is 1.89 bits per heavy atom. The maximum absolute atomic E-state index is 12.6. The van der Waals surface area contributed by atoms with Crippen LogP contribution in [0.3, 0.4) is 0 Å². The number of nitrogens with one attached hydrogen (secondary N) is 1. The maximum atomic E-state index is 12.6. The van der Waals surface area contributed by atoms with Crippen LogP contribution in [0.2, 0.25) is 0 Å². The highest BCUT2D eigenvalue weighted by Gasteiger charge is 2.30. The molecular weight excluding hydrogens is 415 g/mol. The number of amides is 1. The summed E-state index contributed by atoms with van der Waals surface area (Å²) in [5.41, 5.74) is -0.575. The van der Waals surface area contributed by atoms with Crippen molar-refractivity contribution in [3.63, 3.8) is 0 Å². The van der Waals surface area contributed by atoms with Crippen LogP contribution in [0, 0.1) is 0 Å². The lowest BCUT2D eigenvalue weighted by Crippen LogP contribution is -2.24. The summed E-state index contributed by atoms with van der Waals surface area (Å²) in [7, 11) is -0.847.